The number of carboxylic acid groups (broad SMARTS) is 1. The molecule has 158 valence electrons. The predicted octanol–water partition coefficient (Wildman–Crippen LogP) is 4.13. The van der Waals surface area contributed by atoms with Gasteiger partial charge in [0.25, 0.3) is 5.91 Å². The van der Waals surface area contributed by atoms with E-state index in [1.807, 2.05) is 0 Å². The Morgan fingerprint density at radius 1 is 1.26 bits per heavy atom. The van der Waals surface area contributed by atoms with Gasteiger partial charge in [-0.05, 0) is 49.2 Å². The zero-order chi connectivity index (χ0) is 23.2. The molecule has 10 heteroatoms. The van der Waals surface area contributed by atoms with Crippen LogP contribution in [-0.4, -0.2) is 34.3 Å². The SMILES string of the molecule is CCN(C(=O)O)C(=O)/C(C#N)=N/Nc1ccc(C(C)(C#N)c2ccc(F)cc2)c(Cl)c1. The second-order valence-corrected chi connectivity index (χ2v) is 6.86. The van der Waals surface area contributed by atoms with Crippen molar-refractivity contribution < 1.29 is 19.1 Å². The van der Waals surface area contributed by atoms with E-state index >= 15 is 0 Å². The first kappa shape index (κ1) is 23.3. The van der Waals surface area contributed by atoms with Crippen molar-refractivity contribution >= 4 is 35.0 Å². The number of carbonyl (C=O) groups excluding carboxylic acids is 1. The molecule has 0 aromatic heterocycles. The summed E-state index contributed by atoms with van der Waals surface area (Å²) >= 11 is 6.37. The summed E-state index contributed by atoms with van der Waals surface area (Å²) in [5.74, 6) is -1.50. The average Bonchev–Trinajstić information content (AvgIpc) is 2.74. The van der Waals surface area contributed by atoms with Crippen molar-refractivity contribution in [2.75, 3.05) is 12.0 Å². The maximum Gasteiger partial charge on any atom is 0.414 e. The standard InChI is InChI=1S/C21H17ClFN5O3/c1-3-28(20(30)31)19(29)18(11-24)27-26-15-8-9-16(17(22)10-15)21(2,12-25)13-4-6-14(23)7-5-13/h4-10,26H,3H2,1-2H3,(H,30,31)/b27-18+. The lowest BCUT2D eigenvalue weighted by molar-refractivity contribution is -0.121. The summed E-state index contributed by atoms with van der Waals surface area (Å²) in [7, 11) is 0. The molecule has 1 unspecified atom stereocenters. The Hall–Kier alpha value is -3.95. The number of benzene rings is 2. The van der Waals surface area contributed by atoms with Crippen molar-refractivity contribution in [1.82, 2.24) is 4.90 Å². The quantitative estimate of drug-likeness (QED) is 0.512. The maximum absolute atomic E-state index is 13.3. The number of halogens is 2. The van der Waals surface area contributed by atoms with Gasteiger partial charge in [-0.3, -0.25) is 10.2 Å². The highest BCUT2D eigenvalue weighted by Gasteiger charge is 2.31. The molecule has 0 saturated carbocycles. The summed E-state index contributed by atoms with van der Waals surface area (Å²) < 4.78 is 13.3. The Morgan fingerprint density at radius 3 is 2.39 bits per heavy atom. The normalized spacial score (nSPS) is 12.8. The Kier molecular flexibility index (Phi) is 7.30. The van der Waals surface area contributed by atoms with Crippen molar-refractivity contribution in [3.8, 4) is 12.1 Å². The fraction of sp³-hybridized carbons (Fsp3) is 0.190. The molecule has 2 amide bonds. The van der Waals surface area contributed by atoms with Crippen LogP contribution < -0.4 is 5.43 Å². The van der Waals surface area contributed by atoms with E-state index in [4.69, 9.17) is 22.0 Å². The molecule has 1 atom stereocenters. The highest BCUT2D eigenvalue weighted by Crippen LogP contribution is 2.37. The molecule has 8 nitrogen and oxygen atoms in total. The van der Waals surface area contributed by atoms with E-state index in [2.05, 4.69) is 16.6 Å². The smallest absolute Gasteiger partial charge is 0.414 e. The van der Waals surface area contributed by atoms with Crippen LogP contribution in [0.5, 0.6) is 0 Å². The largest absolute Gasteiger partial charge is 0.465 e. The second kappa shape index (κ2) is 9.70. The van der Waals surface area contributed by atoms with E-state index in [1.165, 1.54) is 43.3 Å². The molecular formula is C21H17ClFN5O3. The molecule has 2 N–H and O–H groups in total. The number of hydrogen-bond donors (Lipinski definition) is 2. The fourth-order valence-electron chi connectivity index (χ4n) is 2.79. The lowest BCUT2D eigenvalue weighted by atomic mass is 9.77. The topological polar surface area (TPSA) is 130 Å². The Bertz CT molecular complexity index is 1120. The third kappa shape index (κ3) is 4.97. The first-order chi connectivity index (χ1) is 14.7. The van der Waals surface area contributed by atoms with E-state index in [0.717, 1.165) is 0 Å². The molecule has 2 aromatic carbocycles. The molecule has 31 heavy (non-hydrogen) atoms. The maximum atomic E-state index is 13.3. The summed E-state index contributed by atoms with van der Waals surface area (Å²) in [6.07, 6.45) is -1.50. The van der Waals surface area contributed by atoms with Crippen LogP contribution in [-0.2, 0) is 10.2 Å². The predicted molar refractivity (Wildman–Crippen MR) is 112 cm³/mol. The van der Waals surface area contributed by atoms with Gasteiger partial charge >= 0.3 is 6.09 Å². The van der Waals surface area contributed by atoms with Crippen LogP contribution in [0.2, 0.25) is 5.02 Å². The summed E-state index contributed by atoms with van der Waals surface area (Å²) in [6.45, 7) is 2.94. The van der Waals surface area contributed by atoms with Crippen LogP contribution in [0, 0.1) is 28.5 Å². The van der Waals surface area contributed by atoms with Crippen LogP contribution in [0.3, 0.4) is 0 Å². The minimum atomic E-state index is -1.50. The highest BCUT2D eigenvalue weighted by atomic mass is 35.5. The zero-order valence-electron chi connectivity index (χ0n) is 16.6. The summed E-state index contributed by atoms with van der Waals surface area (Å²) in [5.41, 5.74) is 1.97. The van der Waals surface area contributed by atoms with Crippen LogP contribution in [0.1, 0.15) is 25.0 Å². The van der Waals surface area contributed by atoms with Gasteiger partial charge in [0.1, 0.15) is 17.3 Å². The van der Waals surface area contributed by atoms with Crippen molar-refractivity contribution in [2.45, 2.75) is 19.3 Å². The highest BCUT2D eigenvalue weighted by molar-refractivity contribution is 6.46. The van der Waals surface area contributed by atoms with Crippen molar-refractivity contribution in [3.63, 3.8) is 0 Å². The van der Waals surface area contributed by atoms with E-state index in [0.29, 0.717) is 21.7 Å². The number of nitrogens with zero attached hydrogens (tertiary/aromatic N) is 4. The first-order valence-electron chi connectivity index (χ1n) is 8.93. The van der Waals surface area contributed by atoms with E-state index in [-0.39, 0.29) is 11.6 Å². The Balaban J connectivity index is 2.34. The summed E-state index contributed by atoms with van der Waals surface area (Å²) in [6, 6.07) is 13.8. The molecule has 0 fully saturated rings. The van der Waals surface area contributed by atoms with Crippen LogP contribution in [0.15, 0.2) is 47.6 Å². The molecule has 0 aliphatic carbocycles. The van der Waals surface area contributed by atoms with Gasteiger partial charge in [0.15, 0.2) is 0 Å². The number of hydrogen-bond acceptors (Lipinski definition) is 6. The monoisotopic (exact) mass is 441 g/mol. The van der Waals surface area contributed by atoms with Crippen LogP contribution >= 0.6 is 11.6 Å². The molecule has 0 aliphatic heterocycles. The third-order valence-corrected chi connectivity index (χ3v) is 4.86. The van der Waals surface area contributed by atoms with Gasteiger partial charge in [0, 0.05) is 11.6 Å². The van der Waals surface area contributed by atoms with Gasteiger partial charge in [-0.15, -0.1) is 0 Å². The number of nitriles is 2. The number of anilines is 1. The van der Waals surface area contributed by atoms with Crippen LogP contribution in [0.25, 0.3) is 0 Å². The number of hydrazone groups is 1. The number of nitrogens with one attached hydrogen (secondary N) is 1. The van der Waals surface area contributed by atoms with E-state index in [9.17, 15) is 19.2 Å². The minimum absolute atomic E-state index is 0.147. The molecule has 0 spiro atoms. The second-order valence-electron chi connectivity index (χ2n) is 6.45. The van der Waals surface area contributed by atoms with Gasteiger partial charge in [0.2, 0.25) is 5.71 Å². The van der Waals surface area contributed by atoms with Crippen molar-refractivity contribution in [3.05, 3.63) is 64.4 Å². The van der Waals surface area contributed by atoms with Crippen molar-refractivity contribution in [2.24, 2.45) is 5.10 Å². The zero-order valence-corrected chi connectivity index (χ0v) is 17.3. The van der Waals surface area contributed by atoms with Gasteiger partial charge in [0.05, 0.1) is 11.8 Å². The summed E-state index contributed by atoms with van der Waals surface area (Å²) in [4.78, 5) is 23.6. The van der Waals surface area contributed by atoms with Gasteiger partial charge in [-0.2, -0.15) is 15.6 Å². The van der Waals surface area contributed by atoms with Gasteiger partial charge in [-0.25, -0.2) is 14.1 Å². The van der Waals surface area contributed by atoms with Crippen molar-refractivity contribution in [1.29, 1.82) is 10.5 Å². The summed E-state index contributed by atoms with van der Waals surface area (Å²) in [5, 5.41) is 31.8. The molecule has 0 radical (unpaired) electrons. The van der Waals surface area contributed by atoms with Gasteiger partial charge in [-0.1, -0.05) is 29.8 Å². The molecule has 2 rings (SSSR count). The molecule has 0 aliphatic rings. The average molecular weight is 442 g/mol. The number of amides is 2. The van der Waals surface area contributed by atoms with E-state index < -0.39 is 28.9 Å². The molecular weight excluding hydrogens is 425 g/mol. The fourth-order valence-corrected chi connectivity index (χ4v) is 3.16. The lowest BCUT2D eigenvalue weighted by Gasteiger charge is -2.24. The number of imide groups is 1. The molecule has 0 saturated heterocycles. The van der Waals surface area contributed by atoms with Crippen LogP contribution in [0.4, 0.5) is 14.9 Å². The molecule has 0 bridgehead atoms. The molecule has 2 aromatic rings. The first-order valence-corrected chi connectivity index (χ1v) is 9.31. The Labute approximate surface area is 182 Å². The Morgan fingerprint density at radius 2 is 1.90 bits per heavy atom. The van der Waals surface area contributed by atoms with E-state index in [1.54, 1.807) is 19.1 Å². The van der Waals surface area contributed by atoms with Gasteiger partial charge < -0.3 is 5.11 Å². The number of rotatable bonds is 6. The molecule has 0 heterocycles. The third-order valence-electron chi connectivity index (χ3n) is 4.55. The number of carbonyl (C=O) groups is 2. The minimum Gasteiger partial charge on any atom is -0.465 e. The lowest BCUT2D eigenvalue weighted by Crippen LogP contribution is -2.40.